The van der Waals surface area contributed by atoms with Gasteiger partial charge in [-0.25, -0.2) is 8.42 Å². The molecule has 0 spiro atoms. The summed E-state index contributed by atoms with van der Waals surface area (Å²) in [4.78, 5) is 25.2. The molecule has 36 heavy (non-hydrogen) atoms. The highest BCUT2D eigenvalue weighted by Gasteiger charge is 2.32. The van der Waals surface area contributed by atoms with E-state index in [0.717, 1.165) is 0 Å². The number of rotatable bonds is 6. The Labute approximate surface area is 215 Å². The third-order valence-electron chi connectivity index (χ3n) is 5.64. The van der Waals surface area contributed by atoms with Crippen molar-refractivity contribution in [1.29, 1.82) is 0 Å². The molecule has 3 aromatic rings. The molecule has 2 amide bonds. The number of anilines is 2. The Bertz CT molecular complexity index is 1350. The van der Waals surface area contributed by atoms with Gasteiger partial charge in [0.15, 0.2) is 0 Å². The second-order valence-corrected chi connectivity index (χ2v) is 10.9. The molecule has 1 heterocycles. The van der Waals surface area contributed by atoms with Crippen LogP contribution in [0, 0.1) is 0 Å². The van der Waals surface area contributed by atoms with Gasteiger partial charge >= 0.3 is 0 Å². The van der Waals surface area contributed by atoms with Gasteiger partial charge < -0.3 is 15.4 Å². The molecule has 10 heteroatoms. The Morgan fingerprint density at radius 1 is 0.861 bits per heavy atom. The number of hydrogen-bond donors (Lipinski definition) is 2. The van der Waals surface area contributed by atoms with E-state index in [1.807, 2.05) is 19.9 Å². The molecule has 4 rings (SSSR count). The average molecular weight is 528 g/mol. The Morgan fingerprint density at radius 3 is 2.00 bits per heavy atom. The monoisotopic (exact) mass is 527 g/mol. The van der Waals surface area contributed by atoms with Crippen LogP contribution in [0.25, 0.3) is 0 Å². The molecular formula is C26H26ClN3O5S. The van der Waals surface area contributed by atoms with E-state index in [1.165, 1.54) is 22.5 Å². The number of nitrogens with zero attached hydrogens (tertiary/aromatic N) is 1. The third-order valence-corrected chi connectivity index (χ3v) is 7.80. The predicted molar refractivity (Wildman–Crippen MR) is 139 cm³/mol. The minimum atomic E-state index is -3.84. The van der Waals surface area contributed by atoms with Crippen molar-refractivity contribution < 1.29 is 22.7 Å². The maximum atomic E-state index is 13.2. The molecule has 8 nitrogen and oxygen atoms in total. The highest BCUT2D eigenvalue weighted by atomic mass is 35.5. The highest BCUT2D eigenvalue weighted by molar-refractivity contribution is 7.89. The normalized spacial score (nSPS) is 18.4. The Morgan fingerprint density at radius 2 is 1.42 bits per heavy atom. The first-order valence-electron chi connectivity index (χ1n) is 11.4. The minimum Gasteiger partial charge on any atom is -0.373 e. The lowest BCUT2D eigenvalue weighted by molar-refractivity contribution is -0.0440. The molecule has 3 aromatic carbocycles. The van der Waals surface area contributed by atoms with E-state index < -0.39 is 15.9 Å². The standard InChI is InChI=1S/C26H26ClN3O5S/c1-17-15-30(16-18(2)35-17)36(33,34)22-12-13-24(27)23(14-22)26(32)29-21-10-8-20(9-11-21)28-25(31)19-6-4-3-5-7-19/h3-14,17-18H,15-16H2,1-2H3,(H,28,31)(H,29,32)/t17-,18-/m1/s1. The summed E-state index contributed by atoms with van der Waals surface area (Å²) >= 11 is 6.24. The summed E-state index contributed by atoms with van der Waals surface area (Å²) in [6.07, 6.45) is -0.474. The summed E-state index contributed by atoms with van der Waals surface area (Å²) in [5, 5.41) is 5.63. The Balaban J connectivity index is 1.47. The zero-order valence-corrected chi connectivity index (χ0v) is 21.3. The van der Waals surface area contributed by atoms with Crippen molar-refractivity contribution in [2.24, 2.45) is 0 Å². The van der Waals surface area contributed by atoms with Crippen molar-refractivity contribution in [3.05, 3.63) is 88.9 Å². The molecule has 0 aliphatic carbocycles. The lowest BCUT2D eigenvalue weighted by Gasteiger charge is -2.34. The molecular weight excluding hydrogens is 502 g/mol. The lowest BCUT2D eigenvalue weighted by Crippen LogP contribution is -2.48. The van der Waals surface area contributed by atoms with Crippen LogP contribution in [0.3, 0.4) is 0 Å². The van der Waals surface area contributed by atoms with Gasteiger partial charge in [-0.15, -0.1) is 0 Å². The van der Waals surface area contributed by atoms with Crippen LogP contribution in [0.5, 0.6) is 0 Å². The molecule has 0 radical (unpaired) electrons. The van der Waals surface area contributed by atoms with Crippen LogP contribution >= 0.6 is 11.6 Å². The second kappa shape index (κ2) is 10.8. The number of carbonyl (C=O) groups excluding carboxylic acids is 2. The molecule has 0 aromatic heterocycles. The molecule has 2 N–H and O–H groups in total. The minimum absolute atomic E-state index is 0.0164. The molecule has 0 saturated carbocycles. The third kappa shape index (κ3) is 5.93. The maximum absolute atomic E-state index is 13.2. The zero-order valence-electron chi connectivity index (χ0n) is 19.8. The number of carbonyl (C=O) groups is 2. The first-order chi connectivity index (χ1) is 17.1. The summed E-state index contributed by atoms with van der Waals surface area (Å²) in [5.74, 6) is -0.803. The molecule has 1 aliphatic rings. The van der Waals surface area contributed by atoms with E-state index in [1.54, 1.807) is 48.5 Å². The SMILES string of the molecule is C[C@@H]1CN(S(=O)(=O)c2ccc(Cl)c(C(=O)Nc3ccc(NC(=O)c4ccccc4)cc3)c2)C[C@@H](C)O1. The fourth-order valence-corrected chi connectivity index (χ4v) is 5.76. The van der Waals surface area contributed by atoms with Gasteiger partial charge in [-0.05, 0) is 68.4 Å². The van der Waals surface area contributed by atoms with Crippen LogP contribution in [0.2, 0.25) is 5.02 Å². The van der Waals surface area contributed by atoms with E-state index in [0.29, 0.717) is 16.9 Å². The number of halogens is 1. The van der Waals surface area contributed by atoms with Gasteiger partial charge in [-0.1, -0.05) is 29.8 Å². The van der Waals surface area contributed by atoms with E-state index in [9.17, 15) is 18.0 Å². The van der Waals surface area contributed by atoms with Crippen molar-refractivity contribution in [3.63, 3.8) is 0 Å². The number of benzene rings is 3. The first kappa shape index (κ1) is 25.8. The molecule has 2 atom stereocenters. The molecule has 1 aliphatic heterocycles. The fourth-order valence-electron chi connectivity index (χ4n) is 3.94. The number of ether oxygens (including phenoxy) is 1. The largest absolute Gasteiger partial charge is 0.373 e. The van der Waals surface area contributed by atoms with Gasteiger partial charge in [0.25, 0.3) is 11.8 Å². The zero-order chi connectivity index (χ0) is 25.9. The summed E-state index contributed by atoms with van der Waals surface area (Å²) < 4.78 is 33.4. The smallest absolute Gasteiger partial charge is 0.257 e. The maximum Gasteiger partial charge on any atom is 0.257 e. The second-order valence-electron chi connectivity index (χ2n) is 8.57. The van der Waals surface area contributed by atoms with Gasteiger partial charge in [-0.3, -0.25) is 9.59 Å². The molecule has 0 unspecified atom stereocenters. The van der Waals surface area contributed by atoms with Crippen molar-refractivity contribution in [1.82, 2.24) is 4.31 Å². The van der Waals surface area contributed by atoms with Crippen LogP contribution in [0.4, 0.5) is 11.4 Å². The topological polar surface area (TPSA) is 105 Å². The van der Waals surface area contributed by atoms with Crippen LogP contribution in [0.1, 0.15) is 34.6 Å². The average Bonchev–Trinajstić information content (AvgIpc) is 2.85. The van der Waals surface area contributed by atoms with Crippen molar-refractivity contribution in [3.8, 4) is 0 Å². The number of nitrogens with one attached hydrogen (secondary N) is 2. The van der Waals surface area contributed by atoms with Crippen molar-refractivity contribution >= 4 is 44.8 Å². The van der Waals surface area contributed by atoms with Crippen LogP contribution in [-0.4, -0.2) is 49.8 Å². The first-order valence-corrected chi connectivity index (χ1v) is 13.2. The van der Waals surface area contributed by atoms with Gasteiger partial charge in [0.1, 0.15) is 0 Å². The van der Waals surface area contributed by atoms with Gasteiger partial charge in [-0.2, -0.15) is 4.31 Å². The lowest BCUT2D eigenvalue weighted by atomic mass is 10.2. The molecule has 1 fully saturated rings. The number of morpholine rings is 1. The number of hydrogen-bond acceptors (Lipinski definition) is 5. The number of amides is 2. The van der Waals surface area contributed by atoms with Gasteiger partial charge in [0.2, 0.25) is 10.0 Å². The summed E-state index contributed by atoms with van der Waals surface area (Å²) in [6.45, 7) is 4.09. The van der Waals surface area contributed by atoms with E-state index in [2.05, 4.69) is 10.6 Å². The quantitative estimate of drug-likeness (QED) is 0.486. The summed E-state index contributed by atoms with van der Waals surface area (Å²) in [6, 6.07) is 19.4. The highest BCUT2D eigenvalue weighted by Crippen LogP contribution is 2.26. The van der Waals surface area contributed by atoms with Crippen LogP contribution in [-0.2, 0) is 14.8 Å². The van der Waals surface area contributed by atoms with E-state index >= 15 is 0 Å². The van der Waals surface area contributed by atoms with Crippen LogP contribution in [0.15, 0.2) is 77.7 Å². The number of sulfonamides is 1. The van der Waals surface area contributed by atoms with Gasteiger partial charge in [0.05, 0.1) is 27.7 Å². The van der Waals surface area contributed by atoms with Crippen LogP contribution < -0.4 is 10.6 Å². The summed E-state index contributed by atoms with van der Waals surface area (Å²) in [5.41, 5.74) is 1.58. The van der Waals surface area contributed by atoms with Crippen molar-refractivity contribution in [2.75, 3.05) is 23.7 Å². The Kier molecular flexibility index (Phi) is 7.75. The molecule has 0 bridgehead atoms. The van der Waals surface area contributed by atoms with Crippen molar-refractivity contribution in [2.45, 2.75) is 31.0 Å². The summed E-state index contributed by atoms with van der Waals surface area (Å²) in [7, 11) is -3.84. The fraction of sp³-hybridized carbons (Fsp3) is 0.231. The predicted octanol–water partition coefficient (Wildman–Crippen LogP) is 4.64. The molecule has 188 valence electrons. The van der Waals surface area contributed by atoms with E-state index in [-0.39, 0.29) is 46.7 Å². The van der Waals surface area contributed by atoms with E-state index in [4.69, 9.17) is 16.3 Å². The Hall–Kier alpha value is -3.24. The van der Waals surface area contributed by atoms with Gasteiger partial charge in [0, 0.05) is 30.0 Å². The molecule has 1 saturated heterocycles.